The predicted octanol–water partition coefficient (Wildman–Crippen LogP) is 3.75. The first-order valence-electron chi connectivity index (χ1n) is 9.03. The van der Waals surface area contributed by atoms with E-state index in [1.165, 1.54) is 21.7 Å². The van der Waals surface area contributed by atoms with Crippen molar-refractivity contribution in [3.05, 3.63) is 41.4 Å². The fraction of sp³-hybridized carbons (Fsp3) is 0.222. The lowest BCUT2D eigenvalue weighted by Crippen LogP contribution is -2.43. The number of aromatic nitrogens is 3. The maximum Gasteiger partial charge on any atom is 0.246 e. The molecule has 1 aliphatic heterocycles. The van der Waals surface area contributed by atoms with Crippen molar-refractivity contribution >= 4 is 77.0 Å². The zero-order valence-corrected chi connectivity index (χ0v) is 18.5. The van der Waals surface area contributed by atoms with E-state index in [9.17, 15) is 13.2 Å². The lowest BCUT2D eigenvalue weighted by atomic mass is 10.2. The Labute approximate surface area is 184 Å². The van der Waals surface area contributed by atoms with E-state index < -0.39 is 22.0 Å². The summed E-state index contributed by atoms with van der Waals surface area (Å²) in [5, 5.41) is 3.77. The molecule has 1 saturated heterocycles. The van der Waals surface area contributed by atoms with E-state index in [1.54, 1.807) is 30.3 Å². The van der Waals surface area contributed by atoms with Crippen LogP contribution in [0.15, 0.2) is 41.3 Å². The summed E-state index contributed by atoms with van der Waals surface area (Å²) in [5.41, 5.74) is 1.57. The van der Waals surface area contributed by atoms with Crippen LogP contribution in [-0.2, 0) is 14.8 Å². The molecular formula is C18H14ClN5O3S3. The van der Waals surface area contributed by atoms with Gasteiger partial charge in [-0.1, -0.05) is 29.0 Å². The second-order valence-electron chi connectivity index (χ2n) is 6.78. The minimum Gasteiger partial charge on any atom is -0.301 e. The molecule has 1 amide bonds. The van der Waals surface area contributed by atoms with Gasteiger partial charge in [0.1, 0.15) is 22.0 Å². The molecule has 12 heteroatoms. The molecule has 1 aliphatic rings. The molecule has 4 aromatic rings. The maximum atomic E-state index is 13.3. The van der Waals surface area contributed by atoms with Crippen LogP contribution in [0.1, 0.15) is 12.8 Å². The van der Waals surface area contributed by atoms with Crippen LogP contribution in [0.25, 0.3) is 21.3 Å². The second-order valence-corrected chi connectivity index (χ2v) is 10.6. The van der Waals surface area contributed by atoms with Gasteiger partial charge in [-0.3, -0.25) is 4.79 Å². The number of rotatable bonds is 4. The molecule has 154 valence electrons. The summed E-state index contributed by atoms with van der Waals surface area (Å²) in [4.78, 5) is 17.4. The SMILES string of the molecule is O=C(Nc1nc2ccc(Cl)cc2s1)[C@H]1CCCN1S(=O)(=O)c1cccc2nsnc12. The number of carbonyl (C=O) groups excluding carboxylic acids is 1. The van der Waals surface area contributed by atoms with Crippen LogP contribution in [0.5, 0.6) is 0 Å². The molecule has 2 aromatic carbocycles. The van der Waals surface area contributed by atoms with Crippen LogP contribution in [-0.4, -0.2) is 44.9 Å². The Morgan fingerprint density at radius 3 is 2.93 bits per heavy atom. The van der Waals surface area contributed by atoms with E-state index in [0.717, 1.165) is 21.9 Å². The van der Waals surface area contributed by atoms with E-state index in [1.807, 2.05) is 0 Å². The van der Waals surface area contributed by atoms with Crippen molar-refractivity contribution in [3.8, 4) is 0 Å². The number of hydrogen-bond donors (Lipinski definition) is 1. The summed E-state index contributed by atoms with van der Waals surface area (Å²) in [6, 6.07) is 9.32. The van der Waals surface area contributed by atoms with Crippen LogP contribution in [0.2, 0.25) is 5.02 Å². The molecule has 0 radical (unpaired) electrons. The number of benzene rings is 2. The third-order valence-electron chi connectivity index (χ3n) is 4.92. The van der Waals surface area contributed by atoms with Gasteiger partial charge >= 0.3 is 0 Å². The first-order chi connectivity index (χ1) is 14.4. The topological polar surface area (TPSA) is 105 Å². The Morgan fingerprint density at radius 2 is 2.07 bits per heavy atom. The van der Waals surface area contributed by atoms with Crippen molar-refractivity contribution < 1.29 is 13.2 Å². The normalized spacial score (nSPS) is 17.7. The number of thiazole rings is 1. The average molecular weight is 480 g/mol. The van der Waals surface area contributed by atoms with Gasteiger partial charge < -0.3 is 5.32 Å². The molecule has 8 nitrogen and oxygen atoms in total. The molecule has 0 spiro atoms. The summed E-state index contributed by atoms with van der Waals surface area (Å²) in [5.74, 6) is -0.398. The molecule has 2 aromatic heterocycles. The van der Waals surface area contributed by atoms with Gasteiger partial charge in [-0.05, 0) is 43.2 Å². The van der Waals surface area contributed by atoms with Crippen molar-refractivity contribution in [3.63, 3.8) is 0 Å². The molecule has 1 atom stereocenters. The van der Waals surface area contributed by atoms with Crippen molar-refractivity contribution in [2.45, 2.75) is 23.8 Å². The number of anilines is 1. The minimum atomic E-state index is -3.91. The highest BCUT2D eigenvalue weighted by molar-refractivity contribution is 7.89. The quantitative estimate of drug-likeness (QED) is 0.478. The fourth-order valence-electron chi connectivity index (χ4n) is 3.55. The largest absolute Gasteiger partial charge is 0.301 e. The minimum absolute atomic E-state index is 0.0723. The predicted molar refractivity (Wildman–Crippen MR) is 118 cm³/mol. The monoisotopic (exact) mass is 479 g/mol. The number of fused-ring (bicyclic) bond motifs is 2. The molecular weight excluding hydrogens is 466 g/mol. The Bertz CT molecular complexity index is 1380. The van der Waals surface area contributed by atoms with Crippen molar-refractivity contribution in [2.75, 3.05) is 11.9 Å². The van der Waals surface area contributed by atoms with E-state index in [4.69, 9.17) is 11.6 Å². The van der Waals surface area contributed by atoms with Crippen molar-refractivity contribution in [2.24, 2.45) is 0 Å². The molecule has 0 aliphatic carbocycles. The van der Waals surface area contributed by atoms with Crippen LogP contribution in [0, 0.1) is 0 Å². The highest BCUT2D eigenvalue weighted by Crippen LogP contribution is 2.32. The smallest absolute Gasteiger partial charge is 0.246 e. The van der Waals surface area contributed by atoms with Gasteiger partial charge in [0.15, 0.2) is 5.13 Å². The highest BCUT2D eigenvalue weighted by atomic mass is 35.5. The van der Waals surface area contributed by atoms with Crippen LogP contribution in [0.4, 0.5) is 5.13 Å². The fourth-order valence-corrected chi connectivity index (χ4v) is 7.10. The Balaban J connectivity index is 1.43. The summed E-state index contributed by atoms with van der Waals surface area (Å²) < 4.78 is 37.0. The lowest BCUT2D eigenvalue weighted by Gasteiger charge is -2.23. The first-order valence-corrected chi connectivity index (χ1v) is 12.4. The standard InChI is InChI=1S/C18H14ClN5O3S3/c19-10-6-7-11-14(9-10)28-18(20-11)21-17(25)13-4-2-8-24(13)30(26,27)15-5-1-3-12-16(15)23-29-22-12/h1,3,5-7,9,13H,2,4,8H2,(H,20,21,25)/t13-/m1/s1. The molecule has 1 N–H and O–H groups in total. The zero-order chi connectivity index (χ0) is 20.9. The van der Waals surface area contributed by atoms with Gasteiger partial charge in [-0.2, -0.15) is 13.1 Å². The Morgan fingerprint density at radius 1 is 1.20 bits per heavy atom. The molecule has 3 heterocycles. The number of amides is 1. The average Bonchev–Trinajstić information content (AvgIpc) is 3.45. The third kappa shape index (κ3) is 3.36. The number of carbonyl (C=O) groups is 1. The summed E-state index contributed by atoms with van der Waals surface area (Å²) >= 11 is 8.26. The van der Waals surface area contributed by atoms with E-state index in [0.29, 0.717) is 34.0 Å². The summed E-state index contributed by atoms with van der Waals surface area (Å²) in [7, 11) is -3.91. The number of nitrogens with zero attached hydrogens (tertiary/aromatic N) is 4. The first kappa shape index (κ1) is 19.8. The van der Waals surface area contributed by atoms with Gasteiger partial charge in [-0.15, -0.1) is 0 Å². The van der Waals surface area contributed by atoms with Crippen LogP contribution < -0.4 is 5.32 Å². The Hall–Kier alpha value is -2.18. The van der Waals surface area contributed by atoms with E-state index >= 15 is 0 Å². The van der Waals surface area contributed by atoms with E-state index in [2.05, 4.69) is 19.0 Å². The number of nitrogens with one attached hydrogen (secondary N) is 1. The Kier molecular flexibility index (Phi) is 4.94. The summed E-state index contributed by atoms with van der Waals surface area (Å²) in [6.45, 7) is 0.268. The second kappa shape index (κ2) is 7.50. The van der Waals surface area contributed by atoms with Gasteiger partial charge in [0.2, 0.25) is 15.9 Å². The van der Waals surface area contributed by atoms with Crippen molar-refractivity contribution in [1.29, 1.82) is 0 Å². The van der Waals surface area contributed by atoms with Gasteiger partial charge in [0, 0.05) is 11.6 Å². The van der Waals surface area contributed by atoms with E-state index in [-0.39, 0.29) is 11.4 Å². The number of sulfonamides is 1. The molecule has 5 rings (SSSR count). The maximum absolute atomic E-state index is 13.3. The van der Waals surface area contributed by atoms with Crippen molar-refractivity contribution in [1.82, 2.24) is 18.0 Å². The van der Waals surface area contributed by atoms with Gasteiger partial charge in [0.05, 0.1) is 21.9 Å². The van der Waals surface area contributed by atoms with Gasteiger partial charge in [0.25, 0.3) is 0 Å². The molecule has 30 heavy (non-hydrogen) atoms. The van der Waals surface area contributed by atoms with Crippen LogP contribution in [0.3, 0.4) is 0 Å². The molecule has 0 bridgehead atoms. The zero-order valence-electron chi connectivity index (χ0n) is 15.3. The van der Waals surface area contributed by atoms with Gasteiger partial charge in [-0.25, -0.2) is 13.4 Å². The number of hydrogen-bond acceptors (Lipinski definition) is 8. The highest BCUT2D eigenvalue weighted by Gasteiger charge is 2.40. The molecule has 0 saturated carbocycles. The molecule has 0 unspecified atom stereocenters. The molecule has 1 fully saturated rings. The number of halogens is 1. The summed E-state index contributed by atoms with van der Waals surface area (Å²) in [6.07, 6.45) is 1.03. The van der Waals surface area contributed by atoms with Crippen LogP contribution >= 0.6 is 34.7 Å². The lowest BCUT2D eigenvalue weighted by molar-refractivity contribution is -0.119. The third-order valence-corrected chi connectivity index (χ3v) is 8.57.